The third-order valence-electron chi connectivity index (χ3n) is 2.25. The molecule has 0 fully saturated rings. The van der Waals surface area contributed by atoms with Crippen molar-refractivity contribution in [2.45, 2.75) is 0 Å². The Bertz CT molecular complexity index is 626. The van der Waals surface area contributed by atoms with Crippen LogP contribution in [-0.2, 0) is 0 Å². The second-order valence-corrected chi connectivity index (χ2v) is 7.86. The summed E-state index contributed by atoms with van der Waals surface area (Å²) < 4.78 is 3.72. The van der Waals surface area contributed by atoms with Gasteiger partial charge in [0, 0.05) is 16.9 Å². The van der Waals surface area contributed by atoms with Gasteiger partial charge >= 0.3 is 0 Å². The molecule has 0 radical (unpaired) electrons. The highest BCUT2D eigenvalue weighted by molar-refractivity contribution is 14.1. The number of pyridine rings is 1. The van der Waals surface area contributed by atoms with Gasteiger partial charge in [0.1, 0.15) is 4.60 Å². The fourth-order valence-electron chi connectivity index (χ4n) is 1.40. The quantitative estimate of drug-likeness (QED) is 0.370. The summed E-state index contributed by atoms with van der Waals surface area (Å²) in [7, 11) is 0. The number of nitrogens with one attached hydrogen (secondary N) is 1. The fraction of sp³-hybridized carbons (Fsp3) is 0. The van der Waals surface area contributed by atoms with Crippen molar-refractivity contribution in [1.29, 1.82) is 0 Å². The van der Waals surface area contributed by atoms with Crippen molar-refractivity contribution in [3.05, 3.63) is 51.3 Å². The van der Waals surface area contributed by atoms with Crippen LogP contribution in [-0.4, -0.2) is 10.9 Å². The molecule has 0 aliphatic rings. The highest BCUT2D eigenvalue weighted by Gasteiger charge is 2.14. The van der Waals surface area contributed by atoms with Crippen molar-refractivity contribution in [2.24, 2.45) is 0 Å². The molecule has 2 rings (SSSR count). The first-order valence-corrected chi connectivity index (χ1v) is 9.08. The number of hydrogen-bond donors (Lipinski definition) is 1. The number of carbonyl (C=O) groups excluding carboxylic acids is 1. The summed E-state index contributed by atoms with van der Waals surface area (Å²) in [5.41, 5.74) is 1.36. The number of rotatable bonds is 2. The van der Waals surface area contributed by atoms with Crippen molar-refractivity contribution in [2.75, 3.05) is 5.32 Å². The van der Waals surface area contributed by atoms with Crippen molar-refractivity contribution in [3.8, 4) is 0 Å². The summed E-state index contributed by atoms with van der Waals surface area (Å²) in [6.07, 6.45) is 1.64. The molecule has 1 aromatic carbocycles. The van der Waals surface area contributed by atoms with Crippen LogP contribution in [0.4, 0.5) is 5.69 Å². The van der Waals surface area contributed by atoms with Crippen LogP contribution in [0.2, 0.25) is 0 Å². The second kappa shape index (κ2) is 6.98. The van der Waals surface area contributed by atoms with Gasteiger partial charge < -0.3 is 5.32 Å². The second-order valence-electron chi connectivity index (χ2n) is 3.54. The van der Waals surface area contributed by atoms with E-state index in [2.05, 4.69) is 94.0 Å². The maximum absolute atomic E-state index is 12.2. The average Bonchev–Trinajstić information content (AvgIpc) is 2.34. The largest absolute Gasteiger partial charge is 0.320 e. The molecule has 7 heteroatoms. The lowest BCUT2D eigenvalue weighted by Crippen LogP contribution is -2.15. The summed E-state index contributed by atoms with van der Waals surface area (Å²) in [5.74, 6) is -0.169. The number of benzene rings is 1. The molecule has 98 valence electrons. The minimum Gasteiger partial charge on any atom is -0.320 e. The number of hydrogen-bond acceptors (Lipinski definition) is 2. The molecule has 0 spiro atoms. The molecule has 0 saturated heterocycles. The van der Waals surface area contributed by atoms with Crippen molar-refractivity contribution in [3.63, 3.8) is 0 Å². The molecule has 0 aliphatic heterocycles. The third kappa shape index (κ3) is 4.00. The molecule has 3 nitrogen and oxygen atoms in total. The number of amides is 1. The van der Waals surface area contributed by atoms with E-state index in [9.17, 15) is 4.79 Å². The van der Waals surface area contributed by atoms with Gasteiger partial charge in [0.25, 0.3) is 5.91 Å². The molecule has 1 N–H and O–H groups in total. The summed E-state index contributed by atoms with van der Waals surface area (Å²) in [6, 6.07) is 7.52. The SMILES string of the molecule is O=C(Nc1c(I)cc(I)cc1I)c1cccnc1Br. The van der Waals surface area contributed by atoms with Crippen LogP contribution in [0.3, 0.4) is 0 Å². The van der Waals surface area contributed by atoms with E-state index in [1.54, 1.807) is 18.3 Å². The Kier molecular flexibility index (Phi) is 5.84. The van der Waals surface area contributed by atoms with E-state index in [-0.39, 0.29) is 5.91 Å². The summed E-state index contributed by atoms with van der Waals surface area (Å²) in [5, 5.41) is 2.94. The molecule has 0 aliphatic carbocycles. The molecule has 0 bridgehead atoms. The molecular formula is C12H6BrI3N2O. The highest BCUT2D eigenvalue weighted by atomic mass is 127. The van der Waals surface area contributed by atoms with Gasteiger partial charge in [0.05, 0.1) is 11.3 Å². The van der Waals surface area contributed by atoms with E-state index in [1.165, 1.54) is 0 Å². The van der Waals surface area contributed by atoms with E-state index < -0.39 is 0 Å². The topological polar surface area (TPSA) is 42.0 Å². The number of aromatic nitrogens is 1. The first kappa shape index (κ1) is 15.9. The van der Waals surface area contributed by atoms with Gasteiger partial charge in [-0.2, -0.15) is 0 Å². The van der Waals surface area contributed by atoms with Gasteiger partial charge in [-0.3, -0.25) is 4.79 Å². The van der Waals surface area contributed by atoms with E-state index in [4.69, 9.17) is 0 Å². The summed E-state index contributed by atoms with van der Waals surface area (Å²) in [6.45, 7) is 0. The van der Waals surface area contributed by atoms with E-state index in [1.807, 2.05) is 12.1 Å². The third-order valence-corrected chi connectivity index (χ3v) is 5.21. The number of anilines is 1. The summed E-state index contributed by atoms with van der Waals surface area (Å²) >= 11 is 9.98. The number of carbonyl (C=O) groups is 1. The van der Waals surface area contributed by atoms with E-state index in [0.717, 1.165) is 16.4 Å². The molecular weight excluding hydrogens is 649 g/mol. The minimum absolute atomic E-state index is 0.169. The Labute approximate surface area is 159 Å². The average molecular weight is 655 g/mol. The maximum atomic E-state index is 12.2. The Morgan fingerprint density at radius 3 is 2.42 bits per heavy atom. The monoisotopic (exact) mass is 654 g/mol. The smallest absolute Gasteiger partial charge is 0.258 e. The van der Waals surface area contributed by atoms with Gasteiger partial charge in [-0.25, -0.2) is 4.98 Å². The number of halogens is 4. The first-order chi connectivity index (χ1) is 8.99. The van der Waals surface area contributed by atoms with Crippen LogP contribution in [0.1, 0.15) is 10.4 Å². The predicted octanol–water partition coefficient (Wildman–Crippen LogP) is 4.91. The Morgan fingerprint density at radius 2 is 1.84 bits per heavy atom. The molecule has 1 aromatic heterocycles. The maximum Gasteiger partial charge on any atom is 0.258 e. The fourth-order valence-corrected chi connectivity index (χ4v) is 5.68. The molecule has 1 amide bonds. The van der Waals surface area contributed by atoms with E-state index >= 15 is 0 Å². The van der Waals surface area contributed by atoms with Gasteiger partial charge in [-0.05, 0) is 108 Å². The van der Waals surface area contributed by atoms with Crippen molar-refractivity contribution < 1.29 is 4.79 Å². The van der Waals surface area contributed by atoms with Gasteiger partial charge in [-0.15, -0.1) is 0 Å². The summed E-state index contributed by atoms with van der Waals surface area (Å²) in [4.78, 5) is 16.3. The van der Waals surface area contributed by atoms with Crippen LogP contribution in [0.25, 0.3) is 0 Å². The van der Waals surface area contributed by atoms with Gasteiger partial charge in [-0.1, -0.05) is 0 Å². The lowest BCUT2D eigenvalue weighted by Gasteiger charge is -2.11. The van der Waals surface area contributed by atoms with E-state index in [0.29, 0.717) is 10.2 Å². The van der Waals surface area contributed by atoms with Crippen molar-refractivity contribution >= 4 is 95.3 Å². The predicted molar refractivity (Wildman–Crippen MR) is 104 cm³/mol. The standard InChI is InChI=1S/C12H6BrI3N2O/c13-11-7(2-1-3-17-11)12(19)18-10-8(15)4-6(14)5-9(10)16/h1-5H,(H,18,19). The molecule has 1 heterocycles. The molecule has 0 unspecified atom stereocenters. The van der Waals surface area contributed by atoms with Gasteiger partial charge in [0.2, 0.25) is 0 Å². The normalized spacial score (nSPS) is 10.3. The zero-order valence-electron chi connectivity index (χ0n) is 9.25. The lowest BCUT2D eigenvalue weighted by atomic mass is 10.2. The van der Waals surface area contributed by atoms with Crippen molar-refractivity contribution in [1.82, 2.24) is 4.98 Å². The Balaban J connectivity index is 2.32. The van der Waals surface area contributed by atoms with Crippen LogP contribution in [0.5, 0.6) is 0 Å². The first-order valence-electron chi connectivity index (χ1n) is 5.05. The van der Waals surface area contributed by atoms with Crippen LogP contribution in [0.15, 0.2) is 35.1 Å². The van der Waals surface area contributed by atoms with Crippen LogP contribution in [0, 0.1) is 10.7 Å². The van der Waals surface area contributed by atoms with Gasteiger partial charge in [0.15, 0.2) is 0 Å². The highest BCUT2D eigenvalue weighted by Crippen LogP contribution is 2.28. The number of nitrogens with zero attached hydrogens (tertiary/aromatic N) is 1. The molecule has 2 aromatic rings. The lowest BCUT2D eigenvalue weighted by molar-refractivity contribution is 0.102. The molecule has 19 heavy (non-hydrogen) atoms. The molecule has 0 saturated carbocycles. The zero-order chi connectivity index (χ0) is 14.0. The molecule has 0 atom stereocenters. The zero-order valence-corrected chi connectivity index (χ0v) is 17.3. The Morgan fingerprint density at radius 1 is 1.21 bits per heavy atom. The van der Waals surface area contributed by atoms with Crippen LogP contribution < -0.4 is 5.32 Å². The minimum atomic E-state index is -0.169. The van der Waals surface area contributed by atoms with Crippen LogP contribution >= 0.6 is 83.7 Å². The Hall–Kier alpha value is 0.510.